The molecule has 1 N–H and O–H groups in total. The van der Waals surface area contributed by atoms with E-state index in [1.165, 1.54) is 17.4 Å². The number of aryl methyl sites for hydroxylation is 1. The van der Waals surface area contributed by atoms with Crippen LogP contribution in [0.4, 0.5) is 4.39 Å². The van der Waals surface area contributed by atoms with Crippen molar-refractivity contribution in [3.63, 3.8) is 0 Å². The van der Waals surface area contributed by atoms with Gasteiger partial charge in [0.25, 0.3) is 0 Å². The van der Waals surface area contributed by atoms with Gasteiger partial charge in [-0.15, -0.1) is 11.3 Å². The Labute approximate surface area is 266 Å². The van der Waals surface area contributed by atoms with Crippen LogP contribution in [0.25, 0.3) is 21.0 Å². The SMILES string of the molecule is CCn1cncc1Cn1c(CN2CCC(c3cccc(OCc4ccc(Cl)cc4F)n3)CC2)nc2sc(-c3noc(=O)[nH]3)cc21. The molecule has 14 heteroatoms. The number of ether oxygens (including phenoxy) is 1. The molecule has 1 saturated heterocycles. The molecule has 0 atom stereocenters. The van der Waals surface area contributed by atoms with E-state index < -0.39 is 11.6 Å². The number of fused-ring (bicyclic) bond motifs is 1. The molecular weight excluding hydrogens is 619 g/mol. The zero-order chi connectivity index (χ0) is 30.9. The molecule has 0 aliphatic carbocycles. The molecule has 0 unspecified atom stereocenters. The maximum absolute atomic E-state index is 14.2. The van der Waals surface area contributed by atoms with Gasteiger partial charge in [-0.3, -0.25) is 14.4 Å². The Morgan fingerprint density at radius 2 is 2.02 bits per heavy atom. The lowest BCUT2D eigenvalue weighted by atomic mass is 9.93. The van der Waals surface area contributed by atoms with E-state index in [4.69, 9.17) is 30.8 Å². The normalized spacial score (nSPS) is 14.5. The van der Waals surface area contributed by atoms with Crippen LogP contribution in [-0.4, -0.2) is 52.2 Å². The standard InChI is InChI=1S/C31H30ClFN8O3S/c1-2-40-18-34-14-22(40)15-41-25-13-26(29-37-31(42)44-38-29)45-30(25)36-27(41)16-39-10-8-19(9-11-39)24-4-3-5-28(35-24)43-17-20-6-7-21(32)12-23(20)33/h3-7,12-14,18-19H,2,8-11,15-17H2,1H3,(H,37,38,42). The summed E-state index contributed by atoms with van der Waals surface area (Å²) in [5, 5.41) is 4.21. The van der Waals surface area contributed by atoms with Crippen LogP contribution in [0.3, 0.4) is 0 Å². The van der Waals surface area contributed by atoms with Gasteiger partial charge in [-0.2, -0.15) is 0 Å². The molecule has 45 heavy (non-hydrogen) atoms. The fourth-order valence-corrected chi connectivity index (χ4v) is 6.90. The summed E-state index contributed by atoms with van der Waals surface area (Å²) in [7, 11) is 0. The molecule has 1 fully saturated rings. The highest BCUT2D eigenvalue weighted by atomic mass is 35.5. The molecule has 11 nitrogen and oxygen atoms in total. The van der Waals surface area contributed by atoms with Gasteiger partial charge in [0.05, 0.1) is 35.5 Å². The highest BCUT2D eigenvalue weighted by molar-refractivity contribution is 7.21. The number of H-pyrrole nitrogens is 1. The van der Waals surface area contributed by atoms with E-state index in [0.29, 0.717) is 41.3 Å². The Balaban J connectivity index is 1.05. The van der Waals surface area contributed by atoms with Crippen molar-refractivity contribution in [3.8, 4) is 16.6 Å². The number of piperidine rings is 1. The van der Waals surface area contributed by atoms with Crippen molar-refractivity contribution in [2.24, 2.45) is 0 Å². The second-order valence-corrected chi connectivity index (χ2v) is 12.5. The number of imidazole rings is 2. The number of hydrogen-bond acceptors (Lipinski definition) is 9. The topological polar surface area (TPSA) is 120 Å². The number of nitrogens with zero attached hydrogens (tertiary/aromatic N) is 7. The van der Waals surface area contributed by atoms with Gasteiger partial charge in [0.2, 0.25) is 5.88 Å². The van der Waals surface area contributed by atoms with Crippen LogP contribution in [0.1, 0.15) is 48.5 Å². The van der Waals surface area contributed by atoms with E-state index in [-0.39, 0.29) is 6.61 Å². The smallest absolute Gasteiger partial charge is 0.439 e. The lowest BCUT2D eigenvalue weighted by molar-refractivity contribution is 0.196. The lowest BCUT2D eigenvalue weighted by Gasteiger charge is -2.31. The number of nitrogens with one attached hydrogen (secondary N) is 1. The van der Waals surface area contributed by atoms with Gasteiger partial charge < -0.3 is 13.9 Å². The first-order valence-electron chi connectivity index (χ1n) is 14.7. The van der Waals surface area contributed by atoms with E-state index in [1.807, 2.05) is 30.7 Å². The molecule has 232 valence electrons. The minimum absolute atomic E-state index is 0.0824. The molecule has 7 rings (SSSR count). The number of rotatable bonds is 10. The summed E-state index contributed by atoms with van der Waals surface area (Å²) in [4.78, 5) is 32.4. The molecular formula is C31H30ClFN8O3S. The van der Waals surface area contributed by atoms with Gasteiger partial charge >= 0.3 is 5.76 Å². The Bertz CT molecular complexity index is 2000. The second-order valence-electron chi connectivity index (χ2n) is 11.0. The third-order valence-electron chi connectivity index (χ3n) is 8.17. The monoisotopic (exact) mass is 648 g/mol. The second kappa shape index (κ2) is 12.6. The highest BCUT2D eigenvalue weighted by Gasteiger charge is 2.25. The van der Waals surface area contributed by atoms with Crippen LogP contribution in [0.5, 0.6) is 5.88 Å². The minimum Gasteiger partial charge on any atom is -0.473 e. The Morgan fingerprint density at radius 1 is 1.16 bits per heavy atom. The van der Waals surface area contributed by atoms with E-state index in [0.717, 1.165) is 64.9 Å². The van der Waals surface area contributed by atoms with Crippen molar-refractivity contribution in [1.82, 2.24) is 39.1 Å². The van der Waals surface area contributed by atoms with Crippen molar-refractivity contribution >= 4 is 33.3 Å². The van der Waals surface area contributed by atoms with E-state index >= 15 is 0 Å². The molecule has 0 bridgehead atoms. The molecule has 0 amide bonds. The third-order valence-corrected chi connectivity index (χ3v) is 9.43. The maximum Gasteiger partial charge on any atom is 0.439 e. The van der Waals surface area contributed by atoms with Gasteiger partial charge in [0.15, 0.2) is 5.82 Å². The number of halogens is 2. The molecule has 0 saturated carbocycles. The summed E-state index contributed by atoms with van der Waals surface area (Å²) in [5.41, 5.74) is 3.48. The summed E-state index contributed by atoms with van der Waals surface area (Å²) in [6, 6.07) is 12.3. The quantitative estimate of drug-likeness (QED) is 0.196. The van der Waals surface area contributed by atoms with Crippen molar-refractivity contribution in [3.05, 3.63) is 99.2 Å². The van der Waals surface area contributed by atoms with E-state index in [1.54, 1.807) is 18.2 Å². The summed E-state index contributed by atoms with van der Waals surface area (Å²) in [6.45, 7) is 6.12. The fraction of sp³-hybridized carbons (Fsp3) is 0.323. The number of benzene rings is 1. The summed E-state index contributed by atoms with van der Waals surface area (Å²) in [5.74, 6) is 1.17. The number of pyridine rings is 1. The fourth-order valence-electron chi connectivity index (χ4n) is 5.75. The van der Waals surface area contributed by atoms with Crippen LogP contribution in [0.15, 0.2) is 64.3 Å². The molecule has 5 aromatic heterocycles. The largest absolute Gasteiger partial charge is 0.473 e. The summed E-state index contributed by atoms with van der Waals surface area (Å²) >= 11 is 7.34. The predicted octanol–water partition coefficient (Wildman–Crippen LogP) is 5.85. The third kappa shape index (κ3) is 6.28. The van der Waals surface area contributed by atoms with E-state index in [2.05, 4.69) is 36.1 Å². The van der Waals surface area contributed by atoms with Crippen LogP contribution < -0.4 is 10.5 Å². The van der Waals surface area contributed by atoms with Crippen LogP contribution in [0.2, 0.25) is 5.02 Å². The molecule has 0 radical (unpaired) electrons. The molecule has 1 aliphatic rings. The first kappa shape index (κ1) is 29.4. The number of aromatic amines is 1. The Morgan fingerprint density at radius 3 is 2.80 bits per heavy atom. The number of thiophene rings is 1. The van der Waals surface area contributed by atoms with Gasteiger partial charge in [0.1, 0.15) is 23.1 Å². The first-order chi connectivity index (χ1) is 21.9. The zero-order valence-electron chi connectivity index (χ0n) is 24.4. The van der Waals surface area contributed by atoms with Crippen molar-refractivity contribution in [2.45, 2.75) is 51.9 Å². The Hall–Kier alpha value is -4.33. The van der Waals surface area contributed by atoms with Crippen molar-refractivity contribution in [1.29, 1.82) is 0 Å². The van der Waals surface area contributed by atoms with Gasteiger partial charge in [0, 0.05) is 41.0 Å². The van der Waals surface area contributed by atoms with Crippen LogP contribution in [0, 0.1) is 5.82 Å². The minimum atomic E-state index is -0.586. The number of hydrogen-bond donors (Lipinski definition) is 1. The van der Waals surface area contributed by atoms with Gasteiger partial charge in [-0.05, 0) is 57.1 Å². The summed E-state index contributed by atoms with van der Waals surface area (Å²) in [6.07, 6.45) is 5.63. The van der Waals surface area contributed by atoms with E-state index in [9.17, 15) is 9.18 Å². The zero-order valence-corrected chi connectivity index (χ0v) is 26.0. The molecule has 0 spiro atoms. The van der Waals surface area contributed by atoms with Gasteiger partial charge in [-0.25, -0.2) is 24.1 Å². The van der Waals surface area contributed by atoms with Crippen molar-refractivity contribution < 1.29 is 13.7 Å². The summed E-state index contributed by atoms with van der Waals surface area (Å²) < 4.78 is 29.1. The Kier molecular flexibility index (Phi) is 8.21. The maximum atomic E-state index is 14.2. The van der Waals surface area contributed by atoms with Crippen molar-refractivity contribution in [2.75, 3.05) is 13.1 Å². The number of aromatic nitrogens is 7. The van der Waals surface area contributed by atoms with Crippen LogP contribution in [-0.2, 0) is 26.2 Å². The molecule has 1 aliphatic heterocycles. The highest BCUT2D eigenvalue weighted by Crippen LogP contribution is 2.34. The average molecular weight is 649 g/mol. The van der Waals surface area contributed by atoms with Crippen LogP contribution >= 0.6 is 22.9 Å². The predicted molar refractivity (Wildman–Crippen MR) is 168 cm³/mol. The molecule has 6 aromatic rings. The lowest BCUT2D eigenvalue weighted by Crippen LogP contribution is -2.33. The average Bonchev–Trinajstić information content (AvgIpc) is 3.83. The molecule has 6 heterocycles. The van der Waals surface area contributed by atoms with Gasteiger partial charge in [-0.1, -0.05) is 28.9 Å². The number of likely N-dealkylation sites (tertiary alicyclic amines) is 1. The molecule has 1 aromatic carbocycles. The first-order valence-corrected chi connectivity index (χ1v) is 15.9.